The first kappa shape index (κ1) is 47.9. The van der Waals surface area contributed by atoms with Crippen molar-refractivity contribution in [2.24, 2.45) is 5.92 Å². The zero-order valence-corrected chi connectivity index (χ0v) is 33.6. The van der Waals surface area contributed by atoms with E-state index in [-0.39, 0.29) is 30.8 Å². The third-order valence-electron chi connectivity index (χ3n) is 10.1. The number of unbranched alkanes of at least 4 members (excludes halogenated alkanes) is 19. The van der Waals surface area contributed by atoms with Gasteiger partial charge in [0.2, 0.25) is 0 Å². The Morgan fingerprint density at radius 1 is 0.490 bits per heavy atom. The minimum Gasteiger partial charge on any atom is -0.462 e. The molecule has 0 spiro atoms. The predicted molar refractivity (Wildman–Crippen MR) is 209 cm³/mol. The first-order valence-corrected chi connectivity index (χ1v) is 21.6. The molecule has 2 unspecified atom stereocenters. The average molecular weight is 696 g/mol. The SMILES string of the molecule is CCCCCCCCC(CCCCCCC)OC(=O)CCCCCCCN(CCO)CCCCCCCC(=O)OC(CCCCC)C(C)C. The lowest BCUT2D eigenvalue weighted by atomic mass is 10.0. The van der Waals surface area contributed by atoms with E-state index in [0.29, 0.717) is 18.8 Å². The molecule has 0 aromatic rings. The average Bonchev–Trinajstić information content (AvgIpc) is 3.08. The Morgan fingerprint density at radius 2 is 0.878 bits per heavy atom. The zero-order valence-electron chi connectivity index (χ0n) is 33.6. The van der Waals surface area contributed by atoms with Crippen LogP contribution in [0.4, 0.5) is 0 Å². The van der Waals surface area contributed by atoms with E-state index in [1.165, 1.54) is 89.9 Å². The van der Waals surface area contributed by atoms with Crippen LogP contribution in [0.25, 0.3) is 0 Å². The summed E-state index contributed by atoms with van der Waals surface area (Å²) in [5, 5.41) is 9.55. The summed E-state index contributed by atoms with van der Waals surface area (Å²) >= 11 is 0. The lowest BCUT2D eigenvalue weighted by Gasteiger charge is -2.21. The molecule has 0 bridgehead atoms. The molecule has 292 valence electrons. The summed E-state index contributed by atoms with van der Waals surface area (Å²) in [6.45, 7) is 14.0. The molecule has 0 saturated carbocycles. The van der Waals surface area contributed by atoms with Gasteiger partial charge in [-0.1, -0.05) is 144 Å². The number of rotatable bonds is 38. The number of hydrogen-bond acceptors (Lipinski definition) is 6. The number of ether oxygens (including phenoxy) is 2. The summed E-state index contributed by atoms with van der Waals surface area (Å²) < 4.78 is 11.8. The second-order valence-electron chi connectivity index (χ2n) is 15.2. The first-order valence-electron chi connectivity index (χ1n) is 21.6. The molecule has 2 atom stereocenters. The quantitative estimate of drug-likeness (QED) is 0.0512. The number of aliphatic hydroxyl groups is 1. The van der Waals surface area contributed by atoms with Crippen LogP contribution < -0.4 is 0 Å². The number of esters is 2. The lowest BCUT2D eigenvalue weighted by Crippen LogP contribution is -2.29. The van der Waals surface area contributed by atoms with Gasteiger partial charge in [-0.2, -0.15) is 0 Å². The summed E-state index contributed by atoms with van der Waals surface area (Å²) in [4.78, 5) is 27.4. The Kier molecular flexibility index (Phi) is 35.8. The van der Waals surface area contributed by atoms with Gasteiger partial charge < -0.3 is 19.5 Å². The first-order chi connectivity index (χ1) is 23.9. The minimum atomic E-state index is -0.0276. The predicted octanol–water partition coefficient (Wildman–Crippen LogP) is 12.1. The maximum Gasteiger partial charge on any atom is 0.306 e. The van der Waals surface area contributed by atoms with Crippen LogP contribution in [0.15, 0.2) is 0 Å². The van der Waals surface area contributed by atoms with Gasteiger partial charge in [-0.3, -0.25) is 9.59 Å². The van der Waals surface area contributed by atoms with Crippen LogP contribution in [0.5, 0.6) is 0 Å². The summed E-state index contributed by atoms with van der Waals surface area (Å²) in [5.41, 5.74) is 0. The molecule has 6 heteroatoms. The van der Waals surface area contributed by atoms with Crippen LogP contribution in [0.2, 0.25) is 0 Å². The van der Waals surface area contributed by atoms with Crippen molar-refractivity contribution in [3.63, 3.8) is 0 Å². The number of carbonyl (C=O) groups is 2. The van der Waals surface area contributed by atoms with Gasteiger partial charge in [0, 0.05) is 19.4 Å². The van der Waals surface area contributed by atoms with Gasteiger partial charge in [0.1, 0.15) is 12.2 Å². The molecule has 0 saturated heterocycles. The third-order valence-corrected chi connectivity index (χ3v) is 10.1. The molecule has 1 N–H and O–H groups in total. The second kappa shape index (κ2) is 36.6. The third kappa shape index (κ3) is 32.5. The molecule has 0 fully saturated rings. The number of carbonyl (C=O) groups excluding carboxylic acids is 2. The maximum absolute atomic E-state index is 12.7. The fraction of sp³-hybridized carbons (Fsp3) is 0.953. The van der Waals surface area contributed by atoms with Crippen molar-refractivity contribution in [2.75, 3.05) is 26.2 Å². The highest BCUT2D eigenvalue weighted by Gasteiger charge is 2.18. The van der Waals surface area contributed by atoms with Crippen LogP contribution in [-0.2, 0) is 19.1 Å². The molecule has 0 aliphatic rings. The molecule has 49 heavy (non-hydrogen) atoms. The fourth-order valence-corrected chi connectivity index (χ4v) is 6.73. The van der Waals surface area contributed by atoms with Crippen molar-refractivity contribution in [3.05, 3.63) is 0 Å². The van der Waals surface area contributed by atoms with Crippen LogP contribution >= 0.6 is 0 Å². The Labute approximate surface area is 305 Å². The van der Waals surface area contributed by atoms with Gasteiger partial charge in [0.25, 0.3) is 0 Å². The van der Waals surface area contributed by atoms with Crippen LogP contribution in [0, 0.1) is 5.92 Å². The summed E-state index contributed by atoms with van der Waals surface area (Å²) in [7, 11) is 0. The minimum absolute atomic E-state index is 0.0103. The Balaban J connectivity index is 4.07. The molecule has 0 aliphatic carbocycles. The monoisotopic (exact) mass is 696 g/mol. The molecule has 0 aliphatic heterocycles. The van der Waals surface area contributed by atoms with Crippen molar-refractivity contribution in [3.8, 4) is 0 Å². The normalized spacial score (nSPS) is 12.9. The van der Waals surface area contributed by atoms with E-state index in [0.717, 1.165) is 103 Å². The van der Waals surface area contributed by atoms with Gasteiger partial charge >= 0.3 is 11.9 Å². The van der Waals surface area contributed by atoms with Crippen molar-refractivity contribution in [2.45, 2.75) is 233 Å². The fourth-order valence-electron chi connectivity index (χ4n) is 6.73. The van der Waals surface area contributed by atoms with Crippen LogP contribution in [0.1, 0.15) is 221 Å². The number of nitrogens with zero attached hydrogens (tertiary/aromatic N) is 1. The summed E-state index contributed by atoms with van der Waals surface area (Å²) in [6.07, 6.45) is 32.7. The molecule has 0 aromatic carbocycles. The Hall–Kier alpha value is -1.14. The van der Waals surface area contributed by atoms with E-state index in [1.807, 2.05) is 0 Å². The zero-order chi connectivity index (χ0) is 36.2. The molecule has 0 radical (unpaired) electrons. The molecule has 6 nitrogen and oxygen atoms in total. The van der Waals surface area contributed by atoms with Crippen LogP contribution in [0.3, 0.4) is 0 Å². The molecule has 0 rings (SSSR count). The van der Waals surface area contributed by atoms with Crippen molar-refractivity contribution in [1.82, 2.24) is 4.90 Å². The van der Waals surface area contributed by atoms with Crippen molar-refractivity contribution < 1.29 is 24.2 Å². The molecular formula is C43H85NO5. The van der Waals surface area contributed by atoms with E-state index < -0.39 is 0 Å². The van der Waals surface area contributed by atoms with Crippen molar-refractivity contribution in [1.29, 1.82) is 0 Å². The topological polar surface area (TPSA) is 76.1 Å². The molecular weight excluding hydrogens is 610 g/mol. The van der Waals surface area contributed by atoms with E-state index in [2.05, 4.69) is 39.5 Å². The smallest absolute Gasteiger partial charge is 0.306 e. The maximum atomic E-state index is 12.7. The van der Waals surface area contributed by atoms with E-state index in [4.69, 9.17) is 9.47 Å². The van der Waals surface area contributed by atoms with E-state index in [9.17, 15) is 14.7 Å². The Bertz CT molecular complexity index is 714. The molecule has 0 aromatic heterocycles. The second-order valence-corrected chi connectivity index (χ2v) is 15.2. The largest absolute Gasteiger partial charge is 0.462 e. The highest BCUT2D eigenvalue weighted by molar-refractivity contribution is 5.69. The summed E-state index contributed by atoms with van der Waals surface area (Å²) in [5.74, 6) is 0.363. The number of aliphatic hydroxyl groups excluding tert-OH is 1. The van der Waals surface area contributed by atoms with Gasteiger partial charge in [-0.05, 0) is 83.2 Å². The number of hydrogen-bond donors (Lipinski definition) is 1. The van der Waals surface area contributed by atoms with Gasteiger partial charge in [-0.25, -0.2) is 0 Å². The van der Waals surface area contributed by atoms with Crippen LogP contribution in [-0.4, -0.2) is 60.4 Å². The summed E-state index contributed by atoms with van der Waals surface area (Å²) in [6, 6.07) is 0. The molecule has 0 heterocycles. The molecule has 0 amide bonds. The van der Waals surface area contributed by atoms with Gasteiger partial charge in [0.05, 0.1) is 6.61 Å². The van der Waals surface area contributed by atoms with E-state index in [1.54, 1.807) is 0 Å². The Morgan fingerprint density at radius 3 is 1.35 bits per heavy atom. The standard InChI is InChI=1S/C43H85NO5/c1-6-9-12-14-18-25-31-40(30-24-17-13-10-7-2)48-42(46)33-26-19-15-21-28-35-44(37-38-45)36-29-22-16-20-27-34-43(47)49-41(39(4)5)32-23-11-8-3/h39-41,45H,6-38H2,1-5H3. The van der Waals surface area contributed by atoms with Gasteiger partial charge in [-0.15, -0.1) is 0 Å². The highest BCUT2D eigenvalue weighted by Crippen LogP contribution is 2.19. The highest BCUT2D eigenvalue weighted by atomic mass is 16.5. The van der Waals surface area contributed by atoms with E-state index >= 15 is 0 Å². The lowest BCUT2D eigenvalue weighted by molar-refractivity contribution is -0.152. The van der Waals surface area contributed by atoms with Gasteiger partial charge in [0.15, 0.2) is 0 Å². The van der Waals surface area contributed by atoms with Crippen molar-refractivity contribution >= 4 is 11.9 Å².